The number of ether oxygens (including phenoxy) is 1. The van der Waals surface area contributed by atoms with Crippen LogP contribution in [0.4, 0.5) is 0 Å². The topological polar surface area (TPSA) is 73.2 Å². The number of nitrogens with zero attached hydrogens (tertiary/aromatic N) is 2. The Hall–Kier alpha value is -1.63. The molecule has 2 bridgehead atoms. The van der Waals surface area contributed by atoms with Gasteiger partial charge in [0.1, 0.15) is 5.75 Å². The third-order valence-corrected chi connectivity index (χ3v) is 6.26. The molecule has 3 heterocycles. The molecule has 3 aliphatic heterocycles. The lowest BCUT2D eigenvalue weighted by atomic mass is 9.81. The normalized spacial score (nSPS) is 35.4. The second-order valence-electron chi connectivity index (χ2n) is 7.19. The molecule has 2 saturated heterocycles. The van der Waals surface area contributed by atoms with Gasteiger partial charge in [0.2, 0.25) is 0 Å². The molecule has 24 heavy (non-hydrogen) atoms. The molecule has 130 valence electrons. The van der Waals surface area contributed by atoms with Crippen LogP contribution in [-0.4, -0.2) is 71.4 Å². The van der Waals surface area contributed by atoms with Crippen LogP contribution < -0.4 is 4.74 Å². The molecule has 2 N–H and O–H groups in total. The van der Waals surface area contributed by atoms with E-state index in [0.29, 0.717) is 6.42 Å². The quantitative estimate of drug-likeness (QED) is 0.851. The highest BCUT2D eigenvalue weighted by molar-refractivity contribution is 5.72. The Bertz CT molecular complexity index is 664. The first-order valence-corrected chi connectivity index (χ1v) is 8.54. The molecule has 0 saturated carbocycles. The first-order chi connectivity index (χ1) is 11.6. The minimum absolute atomic E-state index is 0.00495. The number of carbonyl (C=O) groups is 1. The molecule has 0 aromatic heterocycles. The molecule has 6 heteroatoms. The molecule has 0 spiro atoms. The molecule has 3 aliphatic rings. The van der Waals surface area contributed by atoms with E-state index in [2.05, 4.69) is 15.9 Å². The maximum absolute atomic E-state index is 11.7. The number of aliphatic carboxylic acids is 1. The number of aliphatic hydroxyl groups is 1. The van der Waals surface area contributed by atoms with E-state index in [1.54, 1.807) is 7.11 Å². The van der Waals surface area contributed by atoms with Crippen LogP contribution in [-0.2, 0) is 11.2 Å². The van der Waals surface area contributed by atoms with Gasteiger partial charge in [-0.1, -0.05) is 12.1 Å². The van der Waals surface area contributed by atoms with E-state index >= 15 is 0 Å². The summed E-state index contributed by atoms with van der Waals surface area (Å²) in [4.78, 5) is 16.3. The molecular formula is C18H24N2O4. The van der Waals surface area contributed by atoms with Crippen molar-refractivity contribution in [3.8, 4) is 5.75 Å². The molecule has 5 atom stereocenters. The highest BCUT2D eigenvalue weighted by atomic mass is 16.5. The van der Waals surface area contributed by atoms with Gasteiger partial charge in [-0.15, -0.1) is 0 Å². The van der Waals surface area contributed by atoms with E-state index < -0.39 is 5.97 Å². The standard InChI is InChI=1S/C18H24N2O4/c1-19-11-7-12(18(22)23)17(19)13-6-10-4-3-5-15(24-2)16(10)14(9-21)20(13)8-11/h3-5,11-14,17,21H,6-9H2,1-2H3,(H,22,23)/t11-,12-,13?,14+,17+/m1/s1. The van der Waals surface area contributed by atoms with Crippen LogP contribution in [0.3, 0.4) is 0 Å². The fourth-order valence-electron chi connectivity index (χ4n) is 5.20. The first kappa shape index (κ1) is 15.9. The molecule has 2 fully saturated rings. The van der Waals surface area contributed by atoms with Gasteiger partial charge in [0.05, 0.1) is 25.7 Å². The van der Waals surface area contributed by atoms with Crippen molar-refractivity contribution in [3.63, 3.8) is 0 Å². The summed E-state index contributed by atoms with van der Waals surface area (Å²) in [5.41, 5.74) is 2.23. The van der Waals surface area contributed by atoms with Gasteiger partial charge in [-0.25, -0.2) is 0 Å². The Kier molecular flexibility index (Phi) is 3.78. The Morgan fingerprint density at radius 3 is 2.88 bits per heavy atom. The smallest absolute Gasteiger partial charge is 0.308 e. The minimum atomic E-state index is -0.701. The summed E-state index contributed by atoms with van der Waals surface area (Å²) in [6, 6.07) is 6.21. The fraction of sp³-hybridized carbons (Fsp3) is 0.611. The highest BCUT2D eigenvalue weighted by Crippen LogP contribution is 2.47. The van der Waals surface area contributed by atoms with Gasteiger partial charge in [0.15, 0.2) is 0 Å². The van der Waals surface area contributed by atoms with Crippen LogP contribution in [0, 0.1) is 5.92 Å². The predicted molar refractivity (Wildman–Crippen MR) is 88.1 cm³/mol. The Morgan fingerprint density at radius 2 is 2.21 bits per heavy atom. The summed E-state index contributed by atoms with van der Waals surface area (Å²) in [6.07, 6.45) is 1.49. The highest BCUT2D eigenvalue weighted by Gasteiger charge is 2.55. The van der Waals surface area contributed by atoms with Crippen LogP contribution in [0.15, 0.2) is 18.2 Å². The van der Waals surface area contributed by atoms with Crippen molar-refractivity contribution in [2.24, 2.45) is 5.92 Å². The van der Waals surface area contributed by atoms with Gasteiger partial charge >= 0.3 is 5.97 Å². The maximum Gasteiger partial charge on any atom is 0.308 e. The van der Waals surface area contributed by atoms with Crippen LogP contribution in [0.5, 0.6) is 5.75 Å². The van der Waals surface area contributed by atoms with E-state index in [1.165, 1.54) is 0 Å². The lowest BCUT2D eigenvalue weighted by Crippen LogP contribution is -2.63. The number of likely N-dealkylation sites (N-methyl/N-ethyl adjacent to an activating group) is 1. The maximum atomic E-state index is 11.7. The van der Waals surface area contributed by atoms with Crippen LogP contribution in [0.2, 0.25) is 0 Å². The Balaban J connectivity index is 1.79. The number of carboxylic acids is 1. The Labute approximate surface area is 141 Å². The molecular weight excluding hydrogens is 308 g/mol. The average molecular weight is 332 g/mol. The summed E-state index contributed by atoms with van der Waals surface area (Å²) >= 11 is 0. The van der Waals surface area contributed by atoms with Gasteiger partial charge in [0.25, 0.3) is 0 Å². The third kappa shape index (κ3) is 2.10. The molecule has 0 amide bonds. The first-order valence-electron chi connectivity index (χ1n) is 8.54. The summed E-state index contributed by atoms with van der Waals surface area (Å²) in [7, 11) is 3.70. The lowest BCUT2D eigenvalue weighted by Gasteiger charge is -2.52. The van der Waals surface area contributed by atoms with Crippen molar-refractivity contribution in [2.75, 3.05) is 27.3 Å². The van der Waals surface area contributed by atoms with E-state index in [0.717, 1.165) is 29.8 Å². The largest absolute Gasteiger partial charge is 0.496 e. The number of aliphatic hydroxyl groups excluding tert-OH is 1. The molecule has 6 nitrogen and oxygen atoms in total. The number of benzene rings is 1. The second kappa shape index (κ2) is 5.72. The SMILES string of the molecule is COc1cccc2c1[C@H](CO)N1C[C@H]3C[C@@H](C(=O)O)[C@@H](C1C2)N3C. The number of rotatable bonds is 3. The summed E-state index contributed by atoms with van der Waals surface area (Å²) in [5.74, 6) is -0.222. The lowest BCUT2D eigenvalue weighted by molar-refractivity contribution is -0.143. The van der Waals surface area contributed by atoms with E-state index in [-0.39, 0.29) is 36.7 Å². The molecule has 0 aliphatic carbocycles. The number of carboxylic acid groups (broad SMARTS) is 1. The number of methoxy groups -OCH3 is 1. The van der Waals surface area contributed by atoms with Gasteiger partial charge in [-0.3, -0.25) is 14.6 Å². The van der Waals surface area contributed by atoms with Crippen LogP contribution >= 0.6 is 0 Å². The minimum Gasteiger partial charge on any atom is -0.496 e. The van der Waals surface area contributed by atoms with Crippen molar-refractivity contribution in [2.45, 2.75) is 37.0 Å². The summed E-state index contributed by atoms with van der Waals surface area (Å²) in [6.45, 7) is 0.814. The van der Waals surface area contributed by atoms with E-state index in [1.807, 2.05) is 19.2 Å². The molecule has 1 aromatic rings. The molecule has 1 unspecified atom stereocenters. The monoisotopic (exact) mass is 332 g/mol. The third-order valence-electron chi connectivity index (χ3n) is 6.26. The van der Waals surface area contributed by atoms with Gasteiger partial charge in [-0.2, -0.15) is 0 Å². The predicted octanol–water partition coefficient (Wildman–Crippen LogP) is 0.742. The van der Waals surface area contributed by atoms with E-state index in [4.69, 9.17) is 4.74 Å². The second-order valence-corrected chi connectivity index (χ2v) is 7.19. The zero-order valence-electron chi connectivity index (χ0n) is 14.1. The van der Waals surface area contributed by atoms with Crippen LogP contribution in [0.25, 0.3) is 0 Å². The van der Waals surface area contributed by atoms with E-state index in [9.17, 15) is 15.0 Å². The number of piperazine rings is 1. The summed E-state index contributed by atoms with van der Waals surface area (Å²) in [5, 5.41) is 19.8. The zero-order valence-corrected chi connectivity index (χ0v) is 14.1. The Morgan fingerprint density at radius 1 is 1.42 bits per heavy atom. The summed E-state index contributed by atoms with van der Waals surface area (Å²) < 4.78 is 5.53. The van der Waals surface area contributed by atoms with Gasteiger partial charge in [-0.05, 0) is 31.5 Å². The molecule has 0 radical (unpaired) electrons. The fourth-order valence-corrected chi connectivity index (χ4v) is 5.20. The van der Waals surface area contributed by atoms with Crippen molar-refractivity contribution in [1.29, 1.82) is 0 Å². The van der Waals surface area contributed by atoms with Crippen LogP contribution in [0.1, 0.15) is 23.6 Å². The van der Waals surface area contributed by atoms with Crippen molar-refractivity contribution in [3.05, 3.63) is 29.3 Å². The van der Waals surface area contributed by atoms with Gasteiger partial charge < -0.3 is 14.9 Å². The number of hydrogen-bond donors (Lipinski definition) is 2. The van der Waals surface area contributed by atoms with Crippen molar-refractivity contribution < 1.29 is 19.7 Å². The van der Waals surface area contributed by atoms with Crippen molar-refractivity contribution in [1.82, 2.24) is 9.80 Å². The zero-order chi connectivity index (χ0) is 17.0. The number of fused-ring (bicyclic) bond motifs is 5. The van der Waals surface area contributed by atoms with Crippen molar-refractivity contribution >= 4 is 5.97 Å². The molecule has 4 rings (SSSR count). The molecule has 1 aromatic carbocycles. The number of hydrogen-bond acceptors (Lipinski definition) is 5. The van der Waals surface area contributed by atoms with Gasteiger partial charge in [0, 0.05) is 30.2 Å². The average Bonchev–Trinajstić information content (AvgIpc) is 2.79.